The zero-order valence-corrected chi connectivity index (χ0v) is 23.2. The lowest BCUT2D eigenvalue weighted by molar-refractivity contribution is 0.254. The summed E-state index contributed by atoms with van der Waals surface area (Å²) in [5.41, 5.74) is -0.389. The molecule has 3 heterocycles. The van der Waals surface area contributed by atoms with Crippen molar-refractivity contribution in [2.75, 3.05) is 23.1 Å². The van der Waals surface area contributed by atoms with Crippen LogP contribution in [-0.4, -0.2) is 48.7 Å². The van der Waals surface area contributed by atoms with Crippen molar-refractivity contribution in [2.45, 2.75) is 24.4 Å². The number of nitrogens with one attached hydrogen (secondary N) is 3. The summed E-state index contributed by atoms with van der Waals surface area (Å²) in [4.78, 5) is 12.6. The fourth-order valence-electron chi connectivity index (χ4n) is 4.26. The third kappa shape index (κ3) is 7.06. The molecule has 1 aliphatic heterocycles. The van der Waals surface area contributed by atoms with Gasteiger partial charge < -0.3 is 15.4 Å². The smallest absolute Gasteiger partial charge is 0.237 e. The predicted octanol–water partition coefficient (Wildman–Crippen LogP) is 5.46. The van der Waals surface area contributed by atoms with E-state index in [0.29, 0.717) is 23.2 Å². The second kappa shape index (κ2) is 12.5. The number of alkyl halides is 1. The Labute approximate surface area is 243 Å². The lowest BCUT2D eigenvalue weighted by Crippen LogP contribution is -2.44. The van der Waals surface area contributed by atoms with Crippen LogP contribution in [0.4, 0.5) is 29.2 Å². The Morgan fingerprint density at radius 3 is 2.57 bits per heavy atom. The average Bonchev–Trinajstić information content (AvgIpc) is 2.95. The van der Waals surface area contributed by atoms with Gasteiger partial charge in [-0.3, -0.25) is 4.72 Å². The van der Waals surface area contributed by atoms with Crippen LogP contribution in [-0.2, 0) is 15.8 Å². The first-order valence-corrected chi connectivity index (χ1v) is 14.6. The fourth-order valence-corrected chi connectivity index (χ4v) is 5.59. The number of hydrogen-bond acceptors (Lipinski definition) is 8. The molecule has 0 bridgehead atoms. The van der Waals surface area contributed by atoms with Gasteiger partial charge in [-0.2, -0.15) is 4.39 Å². The van der Waals surface area contributed by atoms with Crippen LogP contribution in [0.25, 0.3) is 11.3 Å². The molecule has 0 spiro atoms. The first kappa shape index (κ1) is 29.5. The number of ether oxygens (including phenoxy) is 1. The maximum atomic E-state index is 15.0. The Bertz CT molecular complexity index is 1700. The minimum atomic E-state index is -4.33. The molecule has 220 valence electrons. The summed E-state index contributed by atoms with van der Waals surface area (Å²) < 4.78 is 91.0. The highest BCUT2D eigenvalue weighted by Crippen LogP contribution is 2.36. The minimum Gasteiger partial charge on any atom is -0.435 e. The highest BCUT2D eigenvalue weighted by Gasteiger charge is 2.26. The Morgan fingerprint density at radius 2 is 1.81 bits per heavy atom. The molecule has 0 radical (unpaired) electrons. The van der Waals surface area contributed by atoms with Crippen molar-refractivity contribution in [3.63, 3.8) is 0 Å². The standard InChI is InChI=1S/C27H23ClF4N6O3S/c28-16-5-3-15(4-6-16)14-42(39,40)38-25-20(30)11-22(23(31)24(25)32)41-26-19(2-1-8-34-26)21-7-9-35-27(37-21)36-18-10-17(29)12-33-13-18/h1-9,11,17-18,33,38H,10,12-14H2,(H,35,36,37)/t17-,18?/m0/s1. The van der Waals surface area contributed by atoms with Gasteiger partial charge in [-0.25, -0.2) is 36.5 Å². The lowest BCUT2D eigenvalue weighted by atomic mass is 10.1. The molecule has 2 aromatic heterocycles. The molecule has 1 unspecified atom stereocenters. The van der Waals surface area contributed by atoms with E-state index in [1.165, 1.54) is 48.8 Å². The number of anilines is 2. The molecular weight excluding hydrogens is 600 g/mol. The van der Waals surface area contributed by atoms with E-state index in [0.717, 1.165) is 0 Å². The minimum absolute atomic E-state index is 0.196. The predicted molar refractivity (Wildman–Crippen MR) is 149 cm³/mol. The van der Waals surface area contributed by atoms with E-state index >= 15 is 4.39 Å². The van der Waals surface area contributed by atoms with E-state index in [4.69, 9.17) is 16.3 Å². The molecule has 0 saturated carbocycles. The molecule has 3 N–H and O–H groups in total. The number of piperidine rings is 1. The molecule has 4 aromatic rings. The summed E-state index contributed by atoms with van der Waals surface area (Å²) in [5, 5.41) is 6.39. The molecule has 2 aromatic carbocycles. The number of halogens is 5. The maximum absolute atomic E-state index is 15.0. The summed E-state index contributed by atoms with van der Waals surface area (Å²) in [6.45, 7) is 0.780. The topological polar surface area (TPSA) is 118 Å². The second-order valence-corrected chi connectivity index (χ2v) is 11.6. The Morgan fingerprint density at radius 1 is 1.02 bits per heavy atom. The van der Waals surface area contributed by atoms with Gasteiger partial charge in [0.25, 0.3) is 0 Å². The van der Waals surface area contributed by atoms with Crippen LogP contribution in [0.15, 0.2) is 60.9 Å². The zero-order chi connectivity index (χ0) is 29.9. The van der Waals surface area contributed by atoms with Crippen LogP contribution in [0.2, 0.25) is 5.02 Å². The Hall–Kier alpha value is -4.01. The number of rotatable bonds is 9. The number of benzene rings is 2. The van der Waals surface area contributed by atoms with Crippen molar-refractivity contribution in [1.82, 2.24) is 20.3 Å². The normalized spacial score (nSPS) is 17.1. The van der Waals surface area contributed by atoms with Gasteiger partial charge in [0.1, 0.15) is 11.9 Å². The van der Waals surface area contributed by atoms with Crippen molar-refractivity contribution in [3.8, 4) is 22.9 Å². The van der Waals surface area contributed by atoms with Crippen molar-refractivity contribution in [3.05, 3.63) is 89.0 Å². The molecule has 0 aliphatic carbocycles. The van der Waals surface area contributed by atoms with Gasteiger partial charge in [0, 0.05) is 49.0 Å². The van der Waals surface area contributed by atoms with Gasteiger partial charge in [0.15, 0.2) is 17.4 Å². The molecule has 1 aliphatic rings. The molecule has 42 heavy (non-hydrogen) atoms. The highest BCUT2D eigenvalue weighted by atomic mass is 35.5. The zero-order valence-electron chi connectivity index (χ0n) is 21.6. The summed E-state index contributed by atoms with van der Waals surface area (Å²) in [6.07, 6.45) is 2.01. The first-order chi connectivity index (χ1) is 20.1. The van der Waals surface area contributed by atoms with Gasteiger partial charge >= 0.3 is 0 Å². The molecule has 9 nitrogen and oxygen atoms in total. The average molecular weight is 623 g/mol. The van der Waals surface area contributed by atoms with Gasteiger partial charge in [0.2, 0.25) is 27.7 Å². The van der Waals surface area contributed by atoms with Crippen LogP contribution in [0, 0.1) is 17.5 Å². The van der Waals surface area contributed by atoms with Crippen LogP contribution in [0.3, 0.4) is 0 Å². The largest absolute Gasteiger partial charge is 0.435 e. The summed E-state index contributed by atoms with van der Waals surface area (Å²) in [7, 11) is -4.33. The highest BCUT2D eigenvalue weighted by molar-refractivity contribution is 7.91. The number of aromatic nitrogens is 3. The van der Waals surface area contributed by atoms with Crippen molar-refractivity contribution in [1.29, 1.82) is 0 Å². The van der Waals surface area contributed by atoms with Gasteiger partial charge in [-0.15, -0.1) is 0 Å². The second-order valence-electron chi connectivity index (χ2n) is 9.40. The van der Waals surface area contributed by atoms with Crippen LogP contribution >= 0.6 is 11.6 Å². The van der Waals surface area contributed by atoms with Crippen molar-refractivity contribution < 1.29 is 30.7 Å². The Balaban J connectivity index is 1.37. The third-order valence-corrected chi connectivity index (χ3v) is 7.67. The maximum Gasteiger partial charge on any atom is 0.237 e. The third-order valence-electron chi connectivity index (χ3n) is 6.19. The van der Waals surface area contributed by atoms with E-state index in [9.17, 15) is 21.6 Å². The summed E-state index contributed by atoms with van der Waals surface area (Å²) >= 11 is 5.79. The first-order valence-electron chi connectivity index (χ1n) is 12.6. The van der Waals surface area contributed by atoms with Gasteiger partial charge in [-0.1, -0.05) is 23.7 Å². The molecule has 5 rings (SSSR count). The number of sulfonamides is 1. The number of pyridine rings is 1. The van der Waals surface area contributed by atoms with E-state index < -0.39 is 50.8 Å². The molecule has 1 saturated heterocycles. The van der Waals surface area contributed by atoms with Crippen molar-refractivity contribution in [2.24, 2.45) is 0 Å². The van der Waals surface area contributed by atoms with Gasteiger partial charge in [0.05, 0.1) is 17.0 Å². The molecular formula is C27H23ClF4N6O3S. The van der Waals surface area contributed by atoms with Crippen LogP contribution < -0.4 is 20.1 Å². The fraction of sp³-hybridized carbons (Fsp3) is 0.222. The summed E-state index contributed by atoms with van der Waals surface area (Å²) in [6, 6.07) is 10.6. The number of nitrogens with zero attached hydrogens (tertiary/aromatic N) is 3. The van der Waals surface area contributed by atoms with E-state index in [2.05, 4.69) is 25.6 Å². The van der Waals surface area contributed by atoms with Gasteiger partial charge in [-0.05, 0) is 35.9 Å². The molecule has 0 amide bonds. The van der Waals surface area contributed by atoms with E-state index in [1.54, 1.807) is 10.8 Å². The van der Waals surface area contributed by atoms with Crippen molar-refractivity contribution >= 4 is 33.3 Å². The molecule has 1 fully saturated rings. The quantitative estimate of drug-likeness (QED) is 0.167. The van der Waals surface area contributed by atoms with Crippen LogP contribution in [0.5, 0.6) is 11.6 Å². The monoisotopic (exact) mass is 622 g/mol. The molecule has 2 atom stereocenters. The van der Waals surface area contributed by atoms with Crippen LogP contribution in [0.1, 0.15) is 12.0 Å². The van der Waals surface area contributed by atoms with E-state index in [1.807, 2.05) is 0 Å². The SMILES string of the molecule is O=S(=O)(Cc1ccc(Cl)cc1)Nc1c(F)cc(Oc2ncccc2-c2ccnc(NC3CNC[C@@H](F)C3)n2)c(F)c1F. The molecule has 15 heteroatoms. The lowest BCUT2D eigenvalue weighted by Gasteiger charge is -2.26. The Kier molecular flexibility index (Phi) is 8.75. The summed E-state index contributed by atoms with van der Waals surface area (Å²) in [5.74, 6) is -6.42. The van der Waals surface area contributed by atoms with E-state index in [-0.39, 0.29) is 42.1 Å². The number of hydrogen-bond donors (Lipinski definition) is 3.